The van der Waals surface area contributed by atoms with Gasteiger partial charge in [-0.3, -0.25) is 4.98 Å². The zero-order valence-electron chi connectivity index (χ0n) is 12.8. The Morgan fingerprint density at radius 1 is 1.14 bits per heavy atom. The Bertz CT molecular complexity index is 558. The van der Waals surface area contributed by atoms with Crippen molar-refractivity contribution in [1.82, 2.24) is 10.3 Å². The zero-order valence-corrected chi connectivity index (χ0v) is 12.8. The van der Waals surface area contributed by atoms with Gasteiger partial charge in [0.15, 0.2) is 11.5 Å². The van der Waals surface area contributed by atoms with Gasteiger partial charge in [0.2, 0.25) is 0 Å². The maximum absolute atomic E-state index is 5.53. The van der Waals surface area contributed by atoms with Gasteiger partial charge in [0.25, 0.3) is 0 Å². The van der Waals surface area contributed by atoms with Crippen LogP contribution in [-0.2, 0) is 6.54 Å². The Morgan fingerprint density at radius 3 is 2.57 bits per heavy atom. The molecule has 0 fully saturated rings. The largest absolute Gasteiger partial charge is 0.493 e. The van der Waals surface area contributed by atoms with E-state index in [1.54, 1.807) is 7.11 Å². The van der Waals surface area contributed by atoms with Crippen molar-refractivity contribution in [3.8, 4) is 11.5 Å². The van der Waals surface area contributed by atoms with Crippen LogP contribution in [0.4, 0.5) is 0 Å². The quantitative estimate of drug-likeness (QED) is 0.847. The van der Waals surface area contributed by atoms with Gasteiger partial charge in [-0.15, -0.1) is 0 Å². The van der Waals surface area contributed by atoms with Crippen LogP contribution in [0.1, 0.15) is 31.0 Å². The Morgan fingerprint density at radius 2 is 1.90 bits per heavy atom. The van der Waals surface area contributed by atoms with E-state index < -0.39 is 0 Å². The van der Waals surface area contributed by atoms with Crippen LogP contribution in [-0.4, -0.2) is 18.7 Å². The number of methoxy groups -OCH3 is 1. The average Bonchev–Trinajstić information content (AvgIpc) is 2.54. The second-order valence-corrected chi connectivity index (χ2v) is 4.80. The summed E-state index contributed by atoms with van der Waals surface area (Å²) in [5, 5.41) is 3.49. The number of hydrogen-bond donors (Lipinski definition) is 1. The Labute approximate surface area is 126 Å². The fraction of sp³-hybridized carbons (Fsp3) is 0.353. The fourth-order valence-corrected chi connectivity index (χ4v) is 2.14. The molecule has 0 saturated heterocycles. The van der Waals surface area contributed by atoms with Crippen molar-refractivity contribution in [2.24, 2.45) is 0 Å². The second-order valence-electron chi connectivity index (χ2n) is 4.80. The predicted octanol–water partition coefficient (Wildman–Crippen LogP) is 3.34. The summed E-state index contributed by atoms with van der Waals surface area (Å²) < 4.78 is 10.9. The van der Waals surface area contributed by atoms with Gasteiger partial charge >= 0.3 is 0 Å². The molecule has 0 aliphatic carbocycles. The van der Waals surface area contributed by atoms with Crippen molar-refractivity contribution in [1.29, 1.82) is 0 Å². The summed E-state index contributed by atoms with van der Waals surface area (Å²) in [7, 11) is 1.66. The minimum atomic E-state index is 0.269. The molecule has 1 atom stereocenters. The third kappa shape index (κ3) is 4.20. The van der Waals surface area contributed by atoms with Crippen LogP contribution in [0.3, 0.4) is 0 Å². The molecule has 0 amide bonds. The molecule has 0 unspecified atom stereocenters. The van der Waals surface area contributed by atoms with E-state index in [0.29, 0.717) is 6.61 Å². The molecule has 1 heterocycles. The maximum Gasteiger partial charge on any atom is 0.161 e. The van der Waals surface area contributed by atoms with E-state index in [1.807, 2.05) is 43.6 Å². The summed E-state index contributed by atoms with van der Waals surface area (Å²) in [6, 6.07) is 10.3. The zero-order chi connectivity index (χ0) is 15.1. The predicted molar refractivity (Wildman–Crippen MR) is 83.7 cm³/mol. The lowest BCUT2D eigenvalue weighted by atomic mass is 10.1. The van der Waals surface area contributed by atoms with Gasteiger partial charge in [-0.25, -0.2) is 0 Å². The highest BCUT2D eigenvalue weighted by Gasteiger charge is 2.07. The van der Waals surface area contributed by atoms with E-state index in [1.165, 1.54) is 5.56 Å². The molecule has 21 heavy (non-hydrogen) atoms. The van der Waals surface area contributed by atoms with Crippen molar-refractivity contribution >= 4 is 0 Å². The normalized spacial score (nSPS) is 12.0. The van der Waals surface area contributed by atoms with Crippen LogP contribution in [0.15, 0.2) is 42.7 Å². The van der Waals surface area contributed by atoms with Gasteiger partial charge in [-0.2, -0.15) is 0 Å². The highest BCUT2D eigenvalue weighted by atomic mass is 16.5. The number of pyridine rings is 1. The summed E-state index contributed by atoms with van der Waals surface area (Å²) in [5.41, 5.74) is 2.39. The Balaban J connectivity index is 2.00. The molecule has 1 N–H and O–H groups in total. The van der Waals surface area contributed by atoms with Crippen LogP contribution < -0.4 is 14.8 Å². The van der Waals surface area contributed by atoms with E-state index in [4.69, 9.17) is 9.47 Å². The summed E-state index contributed by atoms with van der Waals surface area (Å²) in [4.78, 5) is 4.04. The Hall–Kier alpha value is -2.07. The molecule has 0 radical (unpaired) electrons. The first-order chi connectivity index (χ1) is 10.2. The minimum Gasteiger partial charge on any atom is -0.493 e. The molecule has 112 valence electrons. The lowest BCUT2D eigenvalue weighted by Gasteiger charge is -2.15. The highest BCUT2D eigenvalue weighted by molar-refractivity contribution is 5.43. The third-order valence-corrected chi connectivity index (χ3v) is 3.35. The first kappa shape index (κ1) is 15.3. The monoisotopic (exact) mass is 286 g/mol. The number of hydrogen-bond acceptors (Lipinski definition) is 4. The molecule has 0 aliphatic rings. The van der Waals surface area contributed by atoms with Crippen molar-refractivity contribution in [2.75, 3.05) is 13.7 Å². The molecule has 0 aliphatic heterocycles. The van der Waals surface area contributed by atoms with E-state index in [-0.39, 0.29) is 6.04 Å². The molecule has 0 saturated carbocycles. The first-order valence-corrected chi connectivity index (χ1v) is 7.17. The summed E-state index contributed by atoms with van der Waals surface area (Å²) in [6.45, 7) is 5.51. The molecule has 1 aromatic heterocycles. The summed E-state index contributed by atoms with van der Waals surface area (Å²) >= 11 is 0. The van der Waals surface area contributed by atoms with E-state index in [2.05, 4.69) is 23.3 Å². The number of nitrogens with one attached hydrogen (secondary N) is 1. The molecule has 0 spiro atoms. The van der Waals surface area contributed by atoms with Crippen molar-refractivity contribution in [3.05, 3.63) is 53.9 Å². The highest BCUT2D eigenvalue weighted by Crippen LogP contribution is 2.28. The van der Waals surface area contributed by atoms with Gasteiger partial charge in [0, 0.05) is 25.0 Å². The van der Waals surface area contributed by atoms with Crippen LogP contribution in [0.2, 0.25) is 0 Å². The summed E-state index contributed by atoms with van der Waals surface area (Å²) in [6.07, 6.45) is 3.63. The van der Waals surface area contributed by atoms with E-state index >= 15 is 0 Å². The molecule has 0 bridgehead atoms. The van der Waals surface area contributed by atoms with Crippen LogP contribution >= 0.6 is 0 Å². The number of ether oxygens (including phenoxy) is 2. The molecule has 1 aromatic carbocycles. The first-order valence-electron chi connectivity index (χ1n) is 7.17. The van der Waals surface area contributed by atoms with Gasteiger partial charge in [0.1, 0.15) is 0 Å². The van der Waals surface area contributed by atoms with Gasteiger partial charge in [-0.05, 0) is 49.2 Å². The lowest BCUT2D eigenvalue weighted by Crippen LogP contribution is -2.18. The van der Waals surface area contributed by atoms with Crippen molar-refractivity contribution in [2.45, 2.75) is 26.4 Å². The number of aromatic nitrogens is 1. The molecule has 4 nitrogen and oxygen atoms in total. The van der Waals surface area contributed by atoms with Gasteiger partial charge in [-0.1, -0.05) is 6.07 Å². The molecule has 4 heteroatoms. The van der Waals surface area contributed by atoms with E-state index in [0.717, 1.165) is 23.6 Å². The standard InChI is InChI=1S/C17H22N2O2/c1-4-21-16-6-5-14(11-17(16)20-3)12-19-13(2)15-7-9-18-10-8-15/h5-11,13,19H,4,12H2,1-3H3/t13-/m1/s1. The maximum atomic E-state index is 5.53. The molecule has 2 aromatic rings. The smallest absolute Gasteiger partial charge is 0.161 e. The van der Waals surface area contributed by atoms with Gasteiger partial charge in [0.05, 0.1) is 13.7 Å². The minimum absolute atomic E-state index is 0.269. The molecular weight excluding hydrogens is 264 g/mol. The molecule has 2 rings (SSSR count). The Kier molecular flexibility index (Phi) is 5.58. The van der Waals surface area contributed by atoms with E-state index in [9.17, 15) is 0 Å². The van der Waals surface area contributed by atoms with Crippen molar-refractivity contribution in [3.63, 3.8) is 0 Å². The number of benzene rings is 1. The van der Waals surface area contributed by atoms with Crippen LogP contribution in [0.25, 0.3) is 0 Å². The SMILES string of the molecule is CCOc1ccc(CN[C@H](C)c2ccncc2)cc1OC. The summed E-state index contributed by atoms with van der Waals surface area (Å²) in [5.74, 6) is 1.55. The third-order valence-electron chi connectivity index (χ3n) is 3.35. The van der Waals surface area contributed by atoms with Crippen molar-refractivity contribution < 1.29 is 9.47 Å². The van der Waals surface area contributed by atoms with Crippen LogP contribution in [0, 0.1) is 0 Å². The molecular formula is C17H22N2O2. The fourth-order valence-electron chi connectivity index (χ4n) is 2.14. The topological polar surface area (TPSA) is 43.4 Å². The second kappa shape index (κ2) is 7.64. The van der Waals surface area contributed by atoms with Gasteiger partial charge < -0.3 is 14.8 Å². The lowest BCUT2D eigenvalue weighted by molar-refractivity contribution is 0.310. The average molecular weight is 286 g/mol. The number of rotatable bonds is 7. The van der Waals surface area contributed by atoms with Crippen LogP contribution in [0.5, 0.6) is 11.5 Å². The number of nitrogens with zero attached hydrogens (tertiary/aromatic N) is 1.